The normalized spacial score (nSPS) is 11.0. The highest BCUT2D eigenvalue weighted by Crippen LogP contribution is 2.16. The summed E-state index contributed by atoms with van der Waals surface area (Å²) in [7, 11) is 0. The zero-order valence-electron chi connectivity index (χ0n) is 10.3. The number of hydrogen-bond donors (Lipinski definition) is 1. The van der Waals surface area contributed by atoms with Crippen LogP contribution in [0, 0.1) is 6.92 Å². The number of pyridine rings is 1. The third kappa shape index (κ3) is 2.22. The zero-order valence-corrected chi connectivity index (χ0v) is 11.1. The van der Waals surface area contributed by atoms with Crippen LogP contribution in [0.4, 0.5) is 5.82 Å². The largest absolute Gasteiger partial charge is 0.384 e. The molecule has 0 saturated carbocycles. The highest BCUT2D eigenvalue weighted by molar-refractivity contribution is 7.17. The Morgan fingerprint density at radius 1 is 1.37 bits per heavy atom. The molecule has 0 spiro atoms. The van der Waals surface area contributed by atoms with Crippen LogP contribution in [0.3, 0.4) is 0 Å². The summed E-state index contributed by atoms with van der Waals surface area (Å²) in [6.45, 7) is 2.18. The van der Waals surface area contributed by atoms with Crippen LogP contribution in [-0.4, -0.2) is 14.5 Å². The van der Waals surface area contributed by atoms with Gasteiger partial charge >= 0.3 is 0 Å². The van der Waals surface area contributed by atoms with Gasteiger partial charge in [-0.1, -0.05) is 0 Å². The van der Waals surface area contributed by atoms with E-state index in [1.165, 1.54) is 0 Å². The molecule has 0 atom stereocenters. The summed E-state index contributed by atoms with van der Waals surface area (Å²) in [5.74, 6) is 0.973. The van der Waals surface area contributed by atoms with Crippen molar-refractivity contribution in [2.24, 2.45) is 0 Å². The molecule has 2 N–H and O–H groups in total. The van der Waals surface area contributed by atoms with Crippen LogP contribution >= 0.6 is 11.3 Å². The molecular weight excluding hydrogens is 260 g/mol. The molecule has 0 radical (unpaired) electrons. The van der Waals surface area contributed by atoms with Crippen molar-refractivity contribution in [3.05, 3.63) is 51.6 Å². The first-order valence-electron chi connectivity index (χ1n) is 5.80. The topological polar surface area (TPSA) is 73.8 Å². The first-order valence-corrected chi connectivity index (χ1v) is 6.68. The molecule has 96 valence electrons. The summed E-state index contributed by atoms with van der Waals surface area (Å²) in [6.07, 6.45) is 1.77. The predicted octanol–water partition coefficient (Wildman–Crippen LogP) is 1.79. The number of nitrogen functional groups attached to an aromatic ring is 1. The van der Waals surface area contributed by atoms with Crippen molar-refractivity contribution in [1.29, 1.82) is 0 Å². The highest BCUT2D eigenvalue weighted by Gasteiger charge is 2.06. The number of thiophene rings is 1. The van der Waals surface area contributed by atoms with E-state index >= 15 is 0 Å². The summed E-state index contributed by atoms with van der Waals surface area (Å²) in [5.41, 5.74) is 6.46. The van der Waals surface area contributed by atoms with Crippen molar-refractivity contribution in [2.45, 2.75) is 13.5 Å². The molecule has 3 aromatic rings. The second kappa shape index (κ2) is 4.47. The van der Waals surface area contributed by atoms with Gasteiger partial charge in [-0.2, -0.15) is 0 Å². The molecule has 3 heterocycles. The van der Waals surface area contributed by atoms with Crippen LogP contribution in [0.5, 0.6) is 0 Å². The Hall–Kier alpha value is -2.21. The van der Waals surface area contributed by atoms with Gasteiger partial charge in [-0.05, 0) is 24.4 Å². The van der Waals surface area contributed by atoms with E-state index in [-0.39, 0.29) is 5.56 Å². The second-order valence-corrected chi connectivity index (χ2v) is 5.25. The van der Waals surface area contributed by atoms with Crippen molar-refractivity contribution < 1.29 is 0 Å². The standard InChI is InChI=1S/C13H12N4OS/c1-8-6-11(14)16-12(15-8)7-17-4-2-10-9(13(17)18)3-5-19-10/h2-6H,7H2,1H3,(H2,14,15,16). The van der Waals surface area contributed by atoms with E-state index in [1.807, 2.05) is 24.4 Å². The molecule has 5 nitrogen and oxygen atoms in total. The molecule has 0 aliphatic rings. The second-order valence-electron chi connectivity index (χ2n) is 4.30. The molecule has 0 fully saturated rings. The number of hydrogen-bond acceptors (Lipinski definition) is 5. The average molecular weight is 272 g/mol. The van der Waals surface area contributed by atoms with Crippen LogP contribution in [-0.2, 0) is 6.54 Å². The number of rotatable bonds is 2. The Kier molecular flexibility index (Phi) is 2.79. The van der Waals surface area contributed by atoms with Crippen molar-refractivity contribution in [2.75, 3.05) is 5.73 Å². The minimum atomic E-state index is -0.0255. The van der Waals surface area contributed by atoms with E-state index < -0.39 is 0 Å². The first kappa shape index (κ1) is 11.9. The Morgan fingerprint density at radius 2 is 2.21 bits per heavy atom. The number of aryl methyl sites for hydroxylation is 1. The molecule has 0 unspecified atom stereocenters. The van der Waals surface area contributed by atoms with Crippen molar-refractivity contribution in [1.82, 2.24) is 14.5 Å². The lowest BCUT2D eigenvalue weighted by atomic mass is 10.3. The molecule has 0 saturated heterocycles. The van der Waals surface area contributed by atoms with E-state index in [0.29, 0.717) is 18.2 Å². The fraction of sp³-hybridized carbons (Fsp3) is 0.154. The van der Waals surface area contributed by atoms with Crippen molar-refractivity contribution in [3.63, 3.8) is 0 Å². The van der Waals surface area contributed by atoms with Crippen LogP contribution in [0.1, 0.15) is 11.5 Å². The summed E-state index contributed by atoms with van der Waals surface area (Å²) < 4.78 is 2.59. The average Bonchev–Trinajstić information content (AvgIpc) is 2.80. The summed E-state index contributed by atoms with van der Waals surface area (Å²) in [5, 5.41) is 2.64. The maximum absolute atomic E-state index is 12.2. The molecular formula is C13H12N4OS. The number of nitrogens with two attached hydrogens (primary N) is 1. The van der Waals surface area contributed by atoms with E-state index in [9.17, 15) is 4.79 Å². The maximum atomic E-state index is 12.2. The zero-order chi connectivity index (χ0) is 13.4. The number of fused-ring (bicyclic) bond motifs is 1. The lowest BCUT2D eigenvalue weighted by Gasteiger charge is -2.06. The fourth-order valence-corrected chi connectivity index (χ4v) is 2.78. The monoisotopic (exact) mass is 272 g/mol. The molecule has 0 aliphatic heterocycles. The van der Waals surface area contributed by atoms with Gasteiger partial charge in [0.2, 0.25) is 0 Å². The smallest absolute Gasteiger partial charge is 0.259 e. The van der Waals surface area contributed by atoms with Crippen LogP contribution in [0.2, 0.25) is 0 Å². The van der Waals surface area contributed by atoms with Gasteiger partial charge < -0.3 is 10.3 Å². The molecule has 6 heteroatoms. The predicted molar refractivity (Wildman–Crippen MR) is 76.4 cm³/mol. The van der Waals surface area contributed by atoms with Gasteiger partial charge in [0.1, 0.15) is 5.82 Å². The van der Waals surface area contributed by atoms with E-state index in [4.69, 9.17) is 5.73 Å². The maximum Gasteiger partial charge on any atom is 0.259 e. The fourth-order valence-electron chi connectivity index (χ4n) is 2.01. The summed E-state index contributed by atoms with van der Waals surface area (Å²) in [6, 6.07) is 5.47. The Labute approximate surface area is 113 Å². The lowest BCUT2D eigenvalue weighted by Crippen LogP contribution is -2.21. The van der Waals surface area contributed by atoms with E-state index in [2.05, 4.69) is 9.97 Å². The summed E-state index contributed by atoms with van der Waals surface area (Å²) >= 11 is 1.56. The molecule has 0 bridgehead atoms. The van der Waals surface area contributed by atoms with Crippen molar-refractivity contribution >= 4 is 27.2 Å². The molecule has 3 rings (SSSR count). The summed E-state index contributed by atoms with van der Waals surface area (Å²) in [4.78, 5) is 20.7. The van der Waals surface area contributed by atoms with Gasteiger partial charge in [-0.25, -0.2) is 9.97 Å². The third-order valence-electron chi connectivity index (χ3n) is 2.82. The molecule has 19 heavy (non-hydrogen) atoms. The number of nitrogens with zero attached hydrogens (tertiary/aromatic N) is 3. The van der Waals surface area contributed by atoms with Crippen LogP contribution < -0.4 is 11.3 Å². The third-order valence-corrected chi connectivity index (χ3v) is 3.71. The minimum Gasteiger partial charge on any atom is -0.384 e. The van der Waals surface area contributed by atoms with Gasteiger partial charge in [0.25, 0.3) is 5.56 Å². The minimum absolute atomic E-state index is 0.0255. The van der Waals surface area contributed by atoms with Gasteiger partial charge in [-0.15, -0.1) is 11.3 Å². The lowest BCUT2D eigenvalue weighted by molar-refractivity contribution is 0.719. The molecule has 0 aliphatic carbocycles. The Morgan fingerprint density at radius 3 is 3.00 bits per heavy atom. The van der Waals surface area contributed by atoms with E-state index in [1.54, 1.807) is 28.2 Å². The Bertz CT molecular complexity index is 786. The molecule has 0 aromatic carbocycles. The van der Waals surface area contributed by atoms with E-state index in [0.717, 1.165) is 15.8 Å². The quantitative estimate of drug-likeness (QED) is 0.772. The van der Waals surface area contributed by atoms with Gasteiger partial charge in [0, 0.05) is 22.7 Å². The van der Waals surface area contributed by atoms with Crippen LogP contribution in [0.25, 0.3) is 10.1 Å². The van der Waals surface area contributed by atoms with Gasteiger partial charge in [0.05, 0.1) is 11.9 Å². The number of anilines is 1. The first-order chi connectivity index (χ1) is 9.13. The van der Waals surface area contributed by atoms with Gasteiger partial charge in [0.15, 0.2) is 5.82 Å². The molecule has 0 amide bonds. The molecule has 3 aromatic heterocycles. The number of aromatic nitrogens is 3. The van der Waals surface area contributed by atoms with Gasteiger partial charge in [-0.3, -0.25) is 4.79 Å². The van der Waals surface area contributed by atoms with Crippen LogP contribution in [0.15, 0.2) is 34.6 Å². The van der Waals surface area contributed by atoms with Crippen molar-refractivity contribution in [3.8, 4) is 0 Å². The SMILES string of the molecule is Cc1cc(N)nc(Cn2ccc3sccc3c2=O)n1. The Balaban J connectivity index is 2.05. The highest BCUT2D eigenvalue weighted by atomic mass is 32.1.